The highest BCUT2D eigenvalue weighted by atomic mass is 79.9. The average molecular weight is 544 g/mol. The predicted molar refractivity (Wildman–Crippen MR) is 117 cm³/mol. The van der Waals surface area contributed by atoms with E-state index in [1.165, 1.54) is 11.6 Å². The topological polar surface area (TPSA) is 117 Å². The second-order valence-electron chi connectivity index (χ2n) is 5.90. The summed E-state index contributed by atoms with van der Waals surface area (Å²) in [6.07, 6.45) is -0.489. The van der Waals surface area contributed by atoms with E-state index in [1.807, 2.05) is 0 Å². The van der Waals surface area contributed by atoms with Crippen molar-refractivity contribution in [2.75, 3.05) is 11.9 Å². The quantitative estimate of drug-likeness (QED) is 0.218. The lowest BCUT2D eigenvalue weighted by atomic mass is 10.0. The molecule has 0 saturated heterocycles. The first-order valence-corrected chi connectivity index (χ1v) is 10.4. The lowest BCUT2D eigenvalue weighted by Gasteiger charge is -2.26. The van der Waals surface area contributed by atoms with Gasteiger partial charge in [-0.1, -0.05) is 34.1 Å². The van der Waals surface area contributed by atoms with Gasteiger partial charge in [-0.05, 0) is 53.2 Å². The van der Waals surface area contributed by atoms with Gasteiger partial charge < -0.3 is 14.6 Å². The molecule has 0 saturated carbocycles. The molecule has 2 atom stereocenters. The van der Waals surface area contributed by atoms with Gasteiger partial charge in [-0.15, -0.1) is 0 Å². The zero-order chi connectivity index (χ0) is 22.1. The SMILES string of the molecule is CCO[C@@H](/C=C/C(=O)NO)[C@@H](OC(=O)Nc1ccccc1)c1cc(Br)cc(Br)c1O. The van der Waals surface area contributed by atoms with E-state index in [1.54, 1.807) is 49.4 Å². The number of anilines is 1. The van der Waals surface area contributed by atoms with Crippen LogP contribution in [0.1, 0.15) is 18.6 Å². The molecule has 0 aliphatic heterocycles. The van der Waals surface area contributed by atoms with Gasteiger partial charge in [-0.3, -0.25) is 15.3 Å². The third kappa shape index (κ3) is 6.84. The summed E-state index contributed by atoms with van der Waals surface area (Å²) >= 11 is 6.60. The first kappa shape index (κ1) is 23.9. The van der Waals surface area contributed by atoms with E-state index >= 15 is 0 Å². The highest BCUT2D eigenvalue weighted by Gasteiger charge is 2.30. The maximum atomic E-state index is 12.5. The van der Waals surface area contributed by atoms with Crippen molar-refractivity contribution >= 4 is 49.5 Å². The van der Waals surface area contributed by atoms with Crippen molar-refractivity contribution in [3.63, 3.8) is 0 Å². The van der Waals surface area contributed by atoms with E-state index < -0.39 is 24.2 Å². The molecule has 2 amide bonds. The van der Waals surface area contributed by atoms with Crippen LogP contribution in [0.25, 0.3) is 0 Å². The van der Waals surface area contributed by atoms with Gasteiger partial charge >= 0.3 is 6.09 Å². The second-order valence-corrected chi connectivity index (χ2v) is 7.67. The van der Waals surface area contributed by atoms with Crippen molar-refractivity contribution in [1.29, 1.82) is 0 Å². The van der Waals surface area contributed by atoms with E-state index in [2.05, 4.69) is 37.2 Å². The van der Waals surface area contributed by atoms with E-state index in [0.29, 0.717) is 14.6 Å². The molecule has 2 aromatic rings. The first-order chi connectivity index (χ1) is 14.3. The van der Waals surface area contributed by atoms with E-state index in [9.17, 15) is 14.7 Å². The van der Waals surface area contributed by atoms with Gasteiger partial charge in [-0.25, -0.2) is 10.3 Å². The van der Waals surface area contributed by atoms with Crippen LogP contribution in [0.4, 0.5) is 10.5 Å². The number of nitrogens with one attached hydrogen (secondary N) is 2. The minimum atomic E-state index is -1.12. The normalized spacial score (nSPS) is 12.9. The Labute approximate surface area is 190 Å². The van der Waals surface area contributed by atoms with Crippen LogP contribution >= 0.6 is 31.9 Å². The Kier molecular flexibility index (Phi) is 9.31. The van der Waals surface area contributed by atoms with Gasteiger partial charge in [0.25, 0.3) is 5.91 Å². The molecule has 2 aromatic carbocycles. The fraction of sp³-hybridized carbons (Fsp3) is 0.200. The Bertz CT molecular complexity index is 908. The molecule has 0 aliphatic rings. The number of ether oxygens (including phenoxy) is 2. The van der Waals surface area contributed by atoms with Crippen molar-refractivity contribution in [3.05, 3.63) is 69.1 Å². The minimum absolute atomic E-state index is 0.152. The number of rotatable bonds is 8. The number of phenolic OH excluding ortho intramolecular Hbond substituents is 1. The van der Waals surface area contributed by atoms with Crippen LogP contribution in [-0.2, 0) is 14.3 Å². The number of amides is 2. The van der Waals surface area contributed by atoms with Gasteiger partial charge in [0, 0.05) is 28.4 Å². The third-order valence-electron chi connectivity index (χ3n) is 3.82. The number of carbonyl (C=O) groups excluding carboxylic acids is 2. The maximum absolute atomic E-state index is 12.5. The summed E-state index contributed by atoms with van der Waals surface area (Å²) in [6.45, 7) is 1.95. The molecule has 0 aliphatic carbocycles. The number of hydrogen-bond donors (Lipinski definition) is 4. The molecule has 0 unspecified atom stereocenters. The summed E-state index contributed by atoms with van der Waals surface area (Å²) in [5, 5.41) is 21.9. The van der Waals surface area contributed by atoms with Crippen LogP contribution in [0.3, 0.4) is 0 Å². The smallest absolute Gasteiger partial charge is 0.412 e. The highest BCUT2D eigenvalue weighted by molar-refractivity contribution is 9.11. The Morgan fingerprint density at radius 2 is 1.90 bits per heavy atom. The number of halogens is 2. The van der Waals surface area contributed by atoms with E-state index in [4.69, 9.17) is 14.7 Å². The largest absolute Gasteiger partial charge is 0.506 e. The number of carbonyl (C=O) groups is 2. The van der Waals surface area contributed by atoms with E-state index in [0.717, 1.165) is 6.08 Å². The molecule has 8 nitrogen and oxygen atoms in total. The summed E-state index contributed by atoms with van der Waals surface area (Å²) in [5.74, 6) is -0.938. The summed E-state index contributed by atoms with van der Waals surface area (Å²) in [5.41, 5.74) is 2.24. The fourth-order valence-corrected chi connectivity index (χ4v) is 3.81. The molecule has 0 radical (unpaired) electrons. The Balaban J connectivity index is 2.41. The number of para-hydroxylation sites is 1. The number of benzene rings is 2. The molecule has 0 bridgehead atoms. The summed E-state index contributed by atoms with van der Waals surface area (Å²) in [7, 11) is 0. The predicted octanol–water partition coefficient (Wildman–Crippen LogP) is 4.67. The monoisotopic (exact) mass is 542 g/mol. The third-order valence-corrected chi connectivity index (χ3v) is 4.89. The Hall–Kier alpha value is -2.40. The van der Waals surface area contributed by atoms with Gasteiger partial charge in [0.05, 0.1) is 4.47 Å². The van der Waals surface area contributed by atoms with Crippen LogP contribution in [-0.4, -0.2) is 35.0 Å². The van der Waals surface area contributed by atoms with Gasteiger partial charge in [0.1, 0.15) is 11.9 Å². The Morgan fingerprint density at radius 1 is 1.20 bits per heavy atom. The molecule has 0 heterocycles. The van der Waals surface area contributed by atoms with Crippen LogP contribution in [0.15, 0.2) is 63.6 Å². The van der Waals surface area contributed by atoms with Gasteiger partial charge in [0.15, 0.2) is 6.10 Å². The molecule has 0 fully saturated rings. The number of aromatic hydroxyl groups is 1. The average Bonchev–Trinajstić information content (AvgIpc) is 2.72. The zero-order valence-corrected chi connectivity index (χ0v) is 19.0. The minimum Gasteiger partial charge on any atom is -0.506 e. The summed E-state index contributed by atoms with van der Waals surface area (Å²) in [4.78, 5) is 24.0. The molecular formula is C20H20Br2N2O6. The van der Waals surface area contributed by atoms with E-state index in [-0.39, 0.29) is 17.9 Å². The van der Waals surface area contributed by atoms with Crippen LogP contribution in [0.2, 0.25) is 0 Å². The lowest BCUT2D eigenvalue weighted by Crippen LogP contribution is -2.28. The van der Waals surface area contributed by atoms with Crippen molar-refractivity contribution in [2.45, 2.75) is 19.1 Å². The van der Waals surface area contributed by atoms with Crippen molar-refractivity contribution in [2.24, 2.45) is 0 Å². The number of phenols is 1. The molecule has 2 rings (SSSR count). The summed E-state index contributed by atoms with van der Waals surface area (Å²) < 4.78 is 12.2. The maximum Gasteiger partial charge on any atom is 0.412 e. The molecule has 0 spiro atoms. The molecule has 160 valence electrons. The number of hydroxylamine groups is 1. The molecule has 30 heavy (non-hydrogen) atoms. The lowest BCUT2D eigenvalue weighted by molar-refractivity contribution is -0.124. The second kappa shape index (κ2) is 11.7. The molecule has 10 heteroatoms. The van der Waals surface area contributed by atoms with Crippen molar-refractivity contribution in [1.82, 2.24) is 5.48 Å². The fourth-order valence-electron chi connectivity index (χ4n) is 2.55. The van der Waals surface area contributed by atoms with Gasteiger partial charge in [-0.2, -0.15) is 0 Å². The van der Waals surface area contributed by atoms with Crippen molar-refractivity contribution < 1.29 is 29.4 Å². The van der Waals surface area contributed by atoms with Crippen molar-refractivity contribution in [3.8, 4) is 5.75 Å². The Morgan fingerprint density at radius 3 is 2.53 bits per heavy atom. The van der Waals surface area contributed by atoms with Gasteiger partial charge in [0.2, 0.25) is 0 Å². The standard InChI is InChI=1S/C20H20Br2N2O6/c1-2-29-16(8-9-17(25)24-28)19(14-10-12(21)11-15(22)18(14)26)30-20(27)23-13-6-4-3-5-7-13/h3-11,16,19,26,28H,2H2,1H3,(H,23,27)(H,24,25)/b9-8+/t16-,19-/m0/s1. The highest BCUT2D eigenvalue weighted by Crippen LogP contribution is 2.39. The molecular weight excluding hydrogens is 524 g/mol. The zero-order valence-electron chi connectivity index (χ0n) is 15.8. The molecule has 4 N–H and O–H groups in total. The first-order valence-electron chi connectivity index (χ1n) is 8.80. The number of hydrogen-bond acceptors (Lipinski definition) is 6. The van der Waals surface area contributed by atoms with Crippen LogP contribution in [0, 0.1) is 0 Å². The van der Waals surface area contributed by atoms with Crippen LogP contribution < -0.4 is 10.8 Å². The molecule has 0 aromatic heterocycles. The summed E-state index contributed by atoms with van der Waals surface area (Å²) in [6, 6.07) is 11.9. The van der Waals surface area contributed by atoms with Crippen LogP contribution in [0.5, 0.6) is 5.75 Å².